The predicted molar refractivity (Wildman–Crippen MR) is 64.8 cm³/mol. The van der Waals surface area contributed by atoms with Crippen LogP contribution < -0.4 is 9.47 Å². The molecular formula is C12H11ClN2O2. The highest BCUT2D eigenvalue weighted by Gasteiger charge is 2.13. The number of para-hydroxylation sites is 1. The van der Waals surface area contributed by atoms with Gasteiger partial charge in [0.25, 0.3) is 5.88 Å². The maximum absolute atomic E-state index is 5.93. The topological polar surface area (TPSA) is 44.2 Å². The molecule has 0 aliphatic rings. The minimum absolute atomic E-state index is 0.259. The predicted octanol–water partition coefficient (Wildman–Crippen LogP) is 3.24. The van der Waals surface area contributed by atoms with Gasteiger partial charge in [-0.2, -0.15) is 5.10 Å². The summed E-state index contributed by atoms with van der Waals surface area (Å²) < 4.78 is 10.8. The van der Waals surface area contributed by atoms with Crippen molar-refractivity contribution in [2.24, 2.45) is 0 Å². The molecule has 0 aliphatic heterocycles. The molecule has 5 heteroatoms. The molecule has 17 heavy (non-hydrogen) atoms. The van der Waals surface area contributed by atoms with Gasteiger partial charge in [-0.1, -0.05) is 29.8 Å². The summed E-state index contributed by atoms with van der Waals surface area (Å²) in [7, 11) is 1.51. The number of hydrogen-bond acceptors (Lipinski definition) is 4. The molecule has 1 heterocycles. The summed E-state index contributed by atoms with van der Waals surface area (Å²) in [5.41, 5.74) is 0.997. The first-order valence-corrected chi connectivity index (χ1v) is 5.39. The van der Waals surface area contributed by atoms with Crippen LogP contribution >= 0.6 is 11.6 Å². The molecule has 0 atom stereocenters. The molecule has 0 aliphatic carbocycles. The number of benzene rings is 1. The van der Waals surface area contributed by atoms with Gasteiger partial charge in [-0.25, -0.2) is 0 Å². The van der Waals surface area contributed by atoms with Crippen molar-refractivity contribution < 1.29 is 9.47 Å². The number of aromatic nitrogens is 2. The van der Waals surface area contributed by atoms with E-state index in [1.807, 2.05) is 31.2 Å². The Labute approximate surface area is 104 Å². The second-order valence-corrected chi connectivity index (χ2v) is 3.81. The molecule has 0 amide bonds. The van der Waals surface area contributed by atoms with Crippen LogP contribution in [0.5, 0.6) is 17.4 Å². The molecule has 0 N–H and O–H groups in total. The highest BCUT2D eigenvalue weighted by atomic mass is 35.5. The van der Waals surface area contributed by atoms with Gasteiger partial charge in [0, 0.05) is 0 Å². The first-order chi connectivity index (χ1) is 8.22. The molecule has 0 saturated carbocycles. The van der Waals surface area contributed by atoms with E-state index in [4.69, 9.17) is 21.1 Å². The molecule has 2 aromatic rings. The Morgan fingerprint density at radius 2 is 2.00 bits per heavy atom. The first-order valence-electron chi connectivity index (χ1n) is 5.01. The Hall–Kier alpha value is -1.81. The van der Waals surface area contributed by atoms with Crippen LogP contribution in [-0.4, -0.2) is 17.3 Å². The Morgan fingerprint density at radius 3 is 2.71 bits per heavy atom. The van der Waals surface area contributed by atoms with Crippen LogP contribution in [0.3, 0.4) is 0 Å². The zero-order valence-electron chi connectivity index (χ0n) is 9.48. The normalized spacial score (nSPS) is 10.1. The molecular weight excluding hydrogens is 240 g/mol. The van der Waals surface area contributed by atoms with Crippen molar-refractivity contribution in [2.45, 2.75) is 6.92 Å². The number of halogens is 1. The number of hydrogen-bond donors (Lipinski definition) is 0. The number of methoxy groups -OCH3 is 1. The fourth-order valence-corrected chi connectivity index (χ4v) is 1.57. The summed E-state index contributed by atoms with van der Waals surface area (Å²) in [5, 5.41) is 7.96. The molecule has 4 nitrogen and oxygen atoms in total. The molecule has 88 valence electrons. The third kappa shape index (κ3) is 2.47. The van der Waals surface area contributed by atoms with Crippen LogP contribution in [0.1, 0.15) is 5.56 Å². The summed E-state index contributed by atoms with van der Waals surface area (Å²) in [6.07, 6.45) is 1.41. The summed E-state index contributed by atoms with van der Waals surface area (Å²) in [4.78, 5) is 0. The van der Waals surface area contributed by atoms with Crippen molar-refractivity contribution >= 4 is 11.6 Å². The number of ether oxygens (including phenoxy) is 2. The third-order valence-corrected chi connectivity index (χ3v) is 2.50. The van der Waals surface area contributed by atoms with Gasteiger partial charge in [0.15, 0.2) is 0 Å². The van der Waals surface area contributed by atoms with Crippen LogP contribution in [0, 0.1) is 6.92 Å². The second-order valence-electron chi connectivity index (χ2n) is 3.40. The summed E-state index contributed by atoms with van der Waals surface area (Å²) in [6.45, 7) is 1.94. The van der Waals surface area contributed by atoms with Crippen LogP contribution in [0.4, 0.5) is 0 Å². The van der Waals surface area contributed by atoms with E-state index in [2.05, 4.69) is 10.2 Å². The van der Waals surface area contributed by atoms with Gasteiger partial charge in [-0.15, -0.1) is 5.10 Å². The van der Waals surface area contributed by atoms with E-state index in [0.717, 1.165) is 5.56 Å². The van der Waals surface area contributed by atoms with Crippen molar-refractivity contribution in [3.8, 4) is 17.4 Å². The molecule has 0 fully saturated rings. The average molecular weight is 251 g/mol. The monoisotopic (exact) mass is 250 g/mol. The Morgan fingerprint density at radius 1 is 1.24 bits per heavy atom. The highest BCUT2D eigenvalue weighted by Crippen LogP contribution is 2.35. The maximum Gasteiger partial charge on any atom is 0.283 e. The van der Waals surface area contributed by atoms with Gasteiger partial charge in [0.2, 0.25) is 5.75 Å². The fourth-order valence-electron chi connectivity index (χ4n) is 1.36. The van der Waals surface area contributed by atoms with E-state index < -0.39 is 0 Å². The van der Waals surface area contributed by atoms with Gasteiger partial charge >= 0.3 is 0 Å². The smallest absolute Gasteiger partial charge is 0.283 e. The van der Waals surface area contributed by atoms with E-state index in [-0.39, 0.29) is 5.88 Å². The average Bonchev–Trinajstić information content (AvgIpc) is 2.32. The lowest BCUT2D eigenvalue weighted by Gasteiger charge is -2.10. The zero-order chi connectivity index (χ0) is 12.3. The molecule has 0 radical (unpaired) electrons. The lowest BCUT2D eigenvalue weighted by atomic mass is 10.2. The molecule has 0 unspecified atom stereocenters. The molecule has 0 spiro atoms. The van der Waals surface area contributed by atoms with Crippen LogP contribution in [0.15, 0.2) is 30.5 Å². The summed E-state index contributed by atoms with van der Waals surface area (Å²) in [5.74, 6) is 1.33. The van der Waals surface area contributed by atoms with Gasteiger partial charge in [0.05, 0.1) is 13.3 Å². The second kappa shape index (κ2) is 5.01. The van der Waals surface area contributed by atoms with Crippen LogP contribution in [0.25, 0.3) is 0 Å². The van der Waals surface area contributed by atoms with E-state index in [9.17, 15) is 0 Å². The van der Waals surface area contributed by atoms with Crippen molar-refractivity contribution in [1.82, 2.24) is 10.2 Å². The van der Waals surface area contributed by atoms with Crippen LogP contribution in [-0.2, 0) is 0 Å². The largest absolute Gasteiger partial charge is 0.490 e. The van der Waals surface area contributed by atoms with E-state index >= 15 is 0 Å². The van der Waals surface area contributed by atoms with Gasteiger partial charge < -0.3 is 9.47 Å². The molecule has 0 saturated heterocycles. The van der Waals surface area contributed by atoms with E-state index in [1.165, 1.54) is 13.3 Å². The SMILES string of the molecule is COc1c(Cl)cnnc1Oc1ccccc1C. The summed E-state index contributed by atoms with van der Waals surface area (Å²) in [6, 6.07) is 7.60. The lowest BCUT2D eigenvalue weighted by Crippen LogP contribution is -1.96. The molecule has 2 rings (SSSR count). The van der Waals surface area contributed by atoms with E-state index in [1.54, 1.807) is 0 Å². The van der Waals surface area contributed by atoms with Gasteiger partial charge in [-0.3, -0.25) is 0 Å². The molecule has 1 aromatic heterocycles. The van der Waals surface area contributed by atoms with E-state index in [0.29, 0.717) is 16.5 Å². The number of nitrogens with zero attached hydrogens (tertiary/aromatic N) is 2. The zero-order valence-corrected chi connectivity index (χ0v) is 10.2. The third-order valence-electron chi connectivity index (χ3n) is 2.24. The van der Waals surface area contributed by atoms with Crippen molar-refractivity contribution in [3.05, 3.63) is 41.0 Å². The summed E-state index contributed by atoms with van der Waals surface area (Å²) >= 11 is 5.93. The van der Waals surface area contributed by atoms with Gasteiger partial charge in [-0.05, 0) is 18.6 Å². The highest BCUT2D eigenvalue weighted by molar-refractivity contribution is 6.32. The fraction of sp³-hybridized carbons (Fsp3) is 0.167. The Kier molecular flexibility index (Phi) is 3.44. The standard InChI is InChI=1S/C12H11ClN2O2/c1-8-5-3-4-6-10(8)17-12-11(16-2)9(13)7-14-15-12/h3-7H,1-2H3. The molecule has 0 bridgehead atoms. The number of aryl methyl sites for hydroxylation is 1. The minimum atomic E-state index is 0.259. The van der Waals surface area contributed by atoms with Crippen molar-refractivity contribution in [3.63, 3.8) is 0 Å². The minimum Gasteiger partial charge on any atom is -0.490 e. The molecule has 1 aromatic carbocycles. The van der Waals surface area contributed by atoms with Gasteiger partial charge in [0.1, 0.15) is 10.8 Å². The van der Waals surface area contributed by atoms with Crippen LogP contribution in [0.2, 0.25) is 5.02 Å². The quantitative estimate of drug-likeness (QED) is 0.839. The first kappa shape index (κ1) is 11.7. The number of rotatable bonds is 3. The Bertz CT molecular complexity index is 532. The van der Waals surface area contributed by atoms with Crippen molar-refractivity contribution in [1.29, 1.82) is 0 Å². The van der Waals surface area contributed by atoms with Crippen molar-refractivity contribution in [2.75, 3.05) is 7.11 Å². The Balaban J connectivity index is 2.37. The maximum atomic E-state index is 5.93. The lowest BCUT2D eigenvalue weighted by molar-refractivity contribution is 0.365.